The van der Waals surface area contributed by atoms with Gasteiger partial charge in [-0.15, -0.1) is 0 Å². The first-order valence-electron chi connectivity index (χ1n) is 4.95. The average Bonchev–Trinajstić information content (AvgIpc) is 3.05. The van der Waals surface area contributed by atoms with Crippen molar-refractivity contribution in [1.82, 2.24) is 5.32 Å². The normalized spacial score (nSPS) is 14.7. The lowest BCUT2D eigenvalue weighted by Gasteiger charge is -2.10. The van der Waals surface area contributed by atoms with Gasteiger partial charge in [0.05, 0.1) is 22.7 Å². The second-order valence-corrected chi connectivity index (χ2v) is 4.53. The van der Waals surface area contributed by atoms with Crippen LogP contribution in [-0.4, -0.2) is 19.1 Å². The fourth-order valence-electron chi connectivity index (χ4n) is 1.37. The highest BCUT2D eigenvalue weighted by Gasteiger charge is 2.25. The number of methoxy groups -OCH3 is 1. The topological polar surface area (TPSA) is 38.3 Å². The van der Waals surface area contributed by atoms with E-state index in [1.54, 1.807) is 6.07 Å². The van der Waals surface area contributed by atoms with E-state index < -0.39 is 0 Å². The summed E-state index contributed by atoms with van der Waals surface area (Å²) in [6.45, 7) is 0. The molecule has 0 saturated heterocycles. The molecule has 3 nitrogen and oxygen atoms in total. The molecule has 0 spiro atoms. The van der Waals surface area contributed by atoms with E-state index in [1.165, 1.54) is 13.2 Å². The third-order valence-electron chi connectivity index (χ3n) is 2.40. The SMILES string of the molecule is COc1cc(Cl)c(Cl)cc1C(=O)NC1CC1. The predicted molar refractivity (Wildman–Crippen MR) is 63.5 cm³/mol. The van der Waals surface area contributed by atoms with E-state index >= 15 is 0 Å². The maximum absolute atomic E-state index is 11.8. The Bertz CT molecular complexity index is 430. The van der Waals surface area contributed by atoms with Gasteiger partial charge < -0.3 is 10.1 Å². The van der Waals surface area contributed by atoms with Gasteiger partial charge in [-0.25, -0.2) is 0 Å². The number of hydrogen-bond acceptors (Lipinski definition) is 2. The number of amides is 1. The monoisotopic (exact) mass is 259 g/mol. The Kier molecular flexibility index (Phi) is 3.26. The van der Waals surface area contributed by atoms with E-state index in [2.05, 4.69) is 5.32 Å². The van der Waals surface area contributed by atoms with Gasteiger partial charge in [0.2, 0.25) is 0 Å². The van der Waals surface area contributed by atoms with E-state index in [1.807, 2.05) is 0 Å². The molecule has 1 aromatic rings. The number of rotatable bonds is 3. The number of carbonyl (C=O) groups is 1. The summed E-state index contributed by atoms with van der Waals surface area (Å²) in [5.74, 6) is 0.269. The van der Waals surface area contributed by atoms with Gasteiger partial charge in [-0.05, 0) is 18.9 Å². The molecule has 1 saturated carbocycles. The van der Waals surface area contributed by atoms with Crippen LogP contribution in [0.3, 0.4) is 0 Å². The Morgan fingerprint density at radius 3 is 2.56 bits per heavy atom. The number of nitrogens with one attached hydrogen (secondary N) is 1. The van der Waals surface area contributed by atoms with Crippen molar-refractivity contribution < 1.29 is 9.53 Å². The molecule has 1 aliphatic carbocycles. The highest BCUT2D eigenvalue weighted by atomic mass is 35.5. The molecule has 0 unspecified atom stereocenters. The van der Waals surface area contributed by atoms with Crippen molar-refractivity contribution in [3.05, 3.63) is 27.7 Å². The van der Waals surface area contributed by atoms with E-state index in [0.717, 1.165) is 12.8 Å². The Morgan fingerprint density at radius 2 is 2.00 bits per heavy atom. The minimum atomic E-state index is -0.169. The first kappa shape index (κ1) is 11.6. The minimum Gasteiger partial charge on any atom is -0.496 e. The third-order valence-corrected chi connectivity index (χ3v) is 3.12. The molecular formula is C11H11Cl2NO2. The molecule has 1 fully saturated rings. The molecule has 5 heteroatoms. The number of benzene rings is 1. The van der Waals surface area contributed by atoms with Gasteiger partial charge in [-0.3, -0.25) is 4.79 Å². The zero-order valence-corrected chi connectivity index (χ0v) is 10.2. The van der Waals surface area contributed by atoms with Crippen LogP contribution >= 0.6 is 23.2 Å². The quantitative estimate of drug-likeness (QED) is 0.907. The molecule has 86 valence electrons. The highest BCUT2D eigenvalue weighted by molar-refractivity contribution is 6.42. The Morgan fingerprint density at radius 1 is 1.38 bits per heavy atom. The summed E-state index contributed by atoms with van der Waals surface area (Å²) in [6.07, 6.45) is 2.07. The molecule has 2 rings (SSSR count). The van der Waals surface area contributed by atoms with E-state index in [-0.39, 0.29) is 5.91 Å². The van der Waals surface area contributed by atoms with Crippen molar-refractivity contribution in [3.63, 3.8) is 0 Å². The molecule has 0 aromatic heterocycles. The van der Waals surface area contributed by atoms with Crippen LogP contribution in [0, 0.1) is 0 Å². The summed E-state index contributed by atoms with van der Waals surface area (Å²) >= 11 is 11.7. The smallest absolute Gasteiger partial charge is 0.255 e. The van der Waals surface area contributed by atoms with Crippen molar-refractivity contribution in [2.75, 3.05) is 7.11 Å². The number of halogens is 2. The van der Waals surface area contributed by atoms with Crippen LogP contribution in [-0.2, 0) is 0 Å². The molecule has 0 atom stereocenters. The number of hydrogen-bond donors (Lipinski definition) is 1. The summed E-state index contributed by atoms with van der Waals surface area (Å²) in [5.41, 5.74) is 0.420. The van der Waals surface area contributed by atoms with E-state index in [4.69, 9.17) is 27.9 Å². The largest absolute Gasteiger partial charge is 0.496 e. The molecule has 1 aliphatic rings. The first-order chi connectivity index (χ1) is 7.61. The third kappa shape index (κ3) is 2.42. The second-order valence-electron chi connectivity index (χ2n) is 3.71. The van der Waals surface area contributed by atoms with Gasteiger partial charge in [0, 0.05) is 12.1 Å². The van der Waals surface area contributed by atoms with Crippen molar-refractivity contribution in [1.29, 1.82) is 0 Å². The van der Waals surface area contributed by atoms with Crippen molar-refractivity contribution in [3.8, 4) is 5.75 Å². The zero-order valence-electron chi connectivity index (χ0n) is 8.72. The zero-order chi connectivity index (χ0) is 11.7. The molecule has 0 radical (unpaired) electrons. The average molecular weight is 260 g/mol. The van der Waals surface area contributed by atoms with Gasteiger partial charge >= 0.3 is 0 Å². The van der Waals surface area contributed by atoms with E-state index in [9.17, 15) is 4.79 Å². The van der Waals surface area contributed by atoms with Crippen molar-refractivity contribution in [2.24, 2.45) is 0 Å². The summed E-state index contributed by atoms with van der Waals surface area (Å²) < 4.78 is 5.10. The summed E-state index contributed by atoms with van der Waals surface area (Å²) in [7, 11) is 1.49. The first-order valence-corrected chi connectivity index (χ1v) is 5.71. The van der Waals surface area contributed by atoms with Crippen LogP contribution in [0.1, 0.15) is 23.2 Å². The highest BCUT2D eigenvalue weighted by Crippen LogP contribution is 2.31. The maximum Gasteiger partial charge on any atom is 0.255 e. The number of ether oxygens (including phenoxy) is 1. The number of carbonyl (C=O) groups excluding carboxylic acids is 1. The molecule has 1 aromatic carbocycles. The van der Waals surface area contributed by atoms with Crippen LogP contribution in [0.4, 0.5) is 0 Å². The second kappa shape index (κ2) is 4.52. The summed E-state index contributed by atoms with van der Waals surface area (Å²) in [6, 6.07) is 3.37. The Balaban J connectivity index is 2.29. The molecule has 16 heavy (non-hydrogen) atoms. The van der Waals surface area contributed by atoms with Gasteiger partial charge in [0.25, 0.3) is 5.91 Å². The fraction of sp³-hybridized carbons (Fsp3) is 0.364. The van der Waals surface area contributed by atoms with Crippen molar-refractivity contribution >= 4 is 29.1 Å². The van der Waals surface area contributed by atoms with Crippen LogP contribution < -0.4 is 10.1 Å². The molecule has 1 N–H and O–H groups in total. The van der Waals surface area contributed by atoms with Crippen LogP contribution in [0.2, 0.25) is 10.0 Å². The molecular weight excluding hydrogens is 249 g/mol. The lowest BCUT2D eigenvalue weighted by molar-refractivity contribution is 0.0948. The molecule has 1 amide bonds. The van der Waals surface area contributed by atoms with Crippen LogP contribution in [0.5, 0.6) is 5.75 Å². The summed E-state index contributed by atoms with van der Waals surface area (Å²) in [4.78, 5) is 11.8. The minimum absolute atomic E-state index is 0.169. The van der Waals surface area contributed by atoms with Gasteiger partial charge in [-0.2, -0.15) is 0 Å². The molecule has 0 bridgehead atoms. The predicted octanol–water partition coefficient (Wildman–Crippen LogP) is 2.89. The van der Waals surface area contributed by atoms with Gasteiger partial charge in [-0.1, -0.05) is 23.2 Å². The lowest BCUT2D eigenvalue weighted by atomic mass is 10.2. The fourth-order valence-corrected chi connectivity index (χ4v) is 1.68. The lowest BCUT2D eigenvalue weighted by Crippen LogP contribution is -2.25. The van der Waals surface area contributed by atoms with E-state index in [0.29, 0.717) is 27.4 Å². The summed E-state index contributed by atoms with van der Waals surface area (Å²) in [5, 5.41) is 3.60. The maximum atomic E-state index is 11.8. The standard InChI is InChI=1S/C11H11Cl2NO2/c1-16-10-5-9(13)8(12)4-7(10)11(15)14-6-2-3-6/h4-6H,2-3H2,1H3,(H,14,15). The van der Waals surface area contributed by atoms with Crippen LogP contribution in [0.15, 0.2) is 12.1 Å². The Hall–Kier alpha value is -0.930. The van der Waals surface area contributed by atoms with Crippen LogP contribution in [0.25, 0.3) is 0 Å². The Labute approximate surface area is 104 Å². The molecule has 0 heterocycles. The van der Waals surface area contributed by atoms with Crippen molar-refractivity contribution in [2.45, 2.75) is 18.9 Å². The molecule has 0 aliphatic heterocycles. The van der Waals surface area contributed by atoms with Gasteiger partial charge in [0.15, 0.2) is 0 Å². The van der Waals surface area contributed by atoms with Gasteiger partial charge in [0.1, 0.15) is 5.75 Å².